The molecule has 4 rings (SSSR count). The number of thiophene rings is 1. The molecule has 1 aromatic heterocycles. The summed E-state index contributed by atoms with van der Waals surface area (Å²) >= 11 is 8.00. The fourth-order valence-corrected chi connectivity index (χ4v) is 4.98. The molecule has 0 saturated heterocycles. The molecule has 0 bridgehead atoms. The molecule has 24 heavy (non-hydrogen) atoms. The minimum atomic E-state index is -0.278. The first kappa shape index (κ1) is 15.9. The average Bonchev–Trinajstić information content (AvgIpc) is 2.92. The highest BCUT2D eigenvalue weighted by molar-refractivity contribution is 7.16. The number of rotatable bonds is 2. The van der Waals surface area contributed by atoms with Crippen LogP contribution in [0.5, 0.6) is 0 Å². The number of hydrogen-bond donors (Lipinski definition) is 2. The summed E-state index contributed by atoms with van der Waals surface area (Å²) in [6.45, 7) is 6.37. The van der Waals surface area contributed by atoms with E-state index in [0.717, 1.165) is 35.6 Å². The Bertz CT molecular complexity index is 802. The van der Waals surface area contributed by atoms with Gasteiger partial charge >= 0.3 is 0 Å². The third-order valence-electron chi connectivity index (χ3n) is 4.81. The Morgan fingerprint density at radius 2 is 2.08 bits per heavy atom. The molecule has 1 atom stereocenters. The van der Waals surface area contributed by atoms with Crippen molar-refractivity contribution in [3.63, 3.8) is 0 Å². The van der Waals surface area contributed by atoms with E-state index in [1.54, 1.807) is 11.3 Å². The normalized spacial score (nSPS) is 20.3. The molecule has 1 unspecified atom stereocenters. The van der Waals surface area contributed by atoms with Gasteiger partial charge in [0, 0.05) is 34.6 Å². The molecule has 0 spiro atoms. The molecule has 0 fully saturated rings. The van der Waals surface area contributed by atoms with Gasteiger partial charge in [0.25, 0.3) is 5.91 Å². The van der Waals surface area contributed by atoms with Gasteiger partial charge in [-0.2, -0.15) is 0 Å². The Morgan fingerprint density at radius 3 is 2.83 bits per heavy atom. The molecule has 0 aliphatic carbocycles. The van der Waals surface area contributed by atoms with Crippen LogP contribution in [0.2, 0.25) is 5.02 Å². The Morgan fingerprint density at radius 1 is 1.29 bits per heavy atom. The zero-order chi connectivity index (χ0) is 16.8. The predicted molar refractivity (Wildman–Crippen MR) is 98.9 cm³/mol. The maximum absolute atomic E-state index is 12.7. The predicted octanol–water partition coefficient (Wildman–Crippen LogP) is 4.02. The Balaban J connectivity index is 1.68. The third-order valence-corrected chi connectivity index (χ3v) is 6.30. The minimum absolute atomic E-state index is 0.00386. The molecule has 2 aromatic rings. The molecule has 0 radical (unpaired) electrons. The number of carbonyl (C=O) groups is 1. The van der Waals surface area contributed by atoms with Gasteiger partial charge in [-0.05, 0) is 31.9 Å². The van der Waals surface area contributed by atoms with E-state index in [0.29, 0.717) is 11.1 Å². The number of carbonyl (C=O) groups excluding carboxylic acids is 1. The van der Waals surface area contributed by atoms with Gasteiger partial charge in [0.2, 0.25) is 0 Å². The molecule has 3 heterocycles. The van der Waals surface area contributed by atoms with Crippen molar-refractivity contribution in [3.8, 4) is 0 Å². The van der Waals surface area contributed by atoms with Crippen molar-refractivity contribution >= 4 is 33.8 Å². The quantitative estimate of drug-likeness (QED) is 0.849. The van der Waals surface area contributed by atoms with Crippen LogP contribution in [0, 0.1) is 0 Å². The smallest absolute Gasteiger partial charge is 0.256 e. The van der Waals surface area contributed by atoms with Crippen molar-refractivity contribution in [1.29, 1.82) is 0 Å². The van der Waals surface area contributed by atoms with Gasteiger partial charge in [0.05, 0.1) is 5.56 Å². The van der Waals surface area contributed by atoms with Crippen molar-refractivity contribution in [3.05, 3.63) is 50.9 Å². The lowest BCUT2D eigenvalue weighted by Gasteiger charge is -2.31. The molecule has 1 aromatic carbocycles. The lowest BCUT2D eigenvalue weighted by atomic mass is 9.99. The maximum Gasteiger partial charge on any atom is 0.256 e. The first-order chi connectivity index (χ1) is 11.5. The van der Waals surface area contributed by atoms with Gasteiger partial charge in [-0.3, -0.25) is 9.69 Å². The fourth-order valence-electron chi connectivity index (χ4n) is 3.44. The second-order valence-electron chi connectivity index (χ2n) is 6.59. The highest BCUT2D eigenvalue weighted by atomic mass is 35.5. The topological polar surface area (TPSA) is 44.4 Å². The van der Waals surface area contributed by atoms with Gasteiger partial charge in [0.1, 0.15) is 11.2 Å². The van der Waals surface area contributed by atoms with Crippen molar-refractivity contribution in [2.45, 2.75) is 39.0 Å². The van der Waals surface area contributed by atoms with E-state index in [1.807, 2.05) is 24.3 Å². The monoisotopic (exact) mass is 361 g/mol. The van der Waals surface area contributed by atoms with E-state index in [1.165, 1.54) is 10.4 Å². The number of benzene rings is 1. The summed E-state index contributed by atoms with van der Waals surface area (Å²) in [5.74, 6) is 0.00386. The SMILES string of the molecule is CC(C)N1CCc2c(sc3c2C(=O)NC(c2ccccc2Cl)N3)C1. The number of amides is 1. The summed E-state index contributed by atoms with van der Waals surface area (Å²) in [4.78, 5) is 16.5. The number of anilines is 1. The van der Waals surface area contributed by atoms with Gasteiger partial charge in [-0.1, -0.05) is 29.8 Å². The van der Waals surface area contributed by atoms with Crippen molar-refractivity contribution < 1.29 is 4.79 Å². The largest absolute Gasteiger partial charge is 0.353 e. The number of nitrogens with one attached hydrogen (secondary N) is 2. The number of fused-ring (bicyclic) bond motifs is 3. The fraction of sp³-hybridized carbons (Fsp3) is 0.389. The standard InChI is InChI=1S/C18H20ClN3OS/c1-10(2)22-8-7-12-14(9-22)24-18-15(12)17(23)20-16(21-18)11-5-3-4-6-13(11)19/h3-6,10,16,21H,7-9H2,1-2H3,(H,20,23). The number of nitrogens with zero attached hydrogens (tertiary/aromatic N) is 1. The second kappa shape index (κ2) is 6.06. The molecule has 1 amide bonds. The Labute approximate surface area is 150 Å². The van der Waals surface area contributed by atoms with Crippen LogP contribution in [0.4, 0.5) is 5.00 Å². The van der Waals surface area contributed by atoms with Crippen LogP contribution in [0.1, 0.15) is 46.4 Å². The van der Waals surface area contributed by atoms with Crippen LogP contribution in [0.15, 0.2) is 24.3 Å². The van der Waals surface area contributed by atoms with Crippen LogP contribution in [0.25, 0.3) is 0 Å². The van der Waals surface area contributed by atoms with Crippen LogP contribution < -0.4 is 10.6 Å². The van der Waals surface area contributed by atoms with Gasteiger partial charge in [0.15, 0.2) is 0 Å². The van der Waals surface area contributed by atoms with E-state index in [-0.39, 0.29) is 12.1 Å². The molecule has 126 valence electrons. The summed E-state index contributed by atoms with van der Waals surface area (Å²) in [6.07, 6.45) is 0.658. The van der Waals surface area contributed by atoms with E-state index >= 15 is 0 Å². The van der Waals surface area contributed by atoms with Gasteiger partial charge in [-0.15, -0.1) is 11.3 Å². The highest BCUT2D eigenvalue weighted by Crippen LogP contribution is 2.41. The van der Waals surface area contributed by atoms with Gasteiger partial charge < -0.3 is 10.6 Å². The zero-order valence-electron chi connectivity index (χ0n) is 13.7. The van der Waals surface area contributed by atoms with Crippen LogP contribution >= 0.6 is 22.9 Å². The first-order valence-corrected chi connectivity index (χ1v) is 9.44. The lowest BCUT2D eigenvalue weighted by molar-refractivity contribution is 0.0934. The highest BCUT2D eigenvalue weighted by Gasteiger charge is 2.34. The Kier molecular flexibility index (Phi) is 4.03. The van der Waals surface area contributed by atoms with Crippen molar-refractivity contribution in [2.24, 2.45) is 0 Å². The van der Waals surface area contributed by atoms with Crippen molar-refractivity contribution in [1.82, 2.24) is 10.2 Å². The lowest BCUT2D eigenvalue weighted by Crippen LogP contribution is -2.39. The van der Waals surface area contributed by atoms with Gasteiger partial charge in [-0.25, -0.2) is 0 Å². The third kappa shape index (κ3) is 2.61. The van der Waals surface area contributed by atoms with E-state index in [9.17, 15) is 4.79 Å². The van der Waals surface area contributed by atoms with Crippen LogP contribution in [0.3, 0.4) is 0 Å². The summed E-state index contributed by atoms with van der Waals surface area (Å²) in [5, 5.41) is 8.16. The average molecular weight is 362 g/mol. The van der Waals surface area contributed by atoms with E-state index < -0.39 is 0 Å². The molecule has 4 nitrogen and oxygen atoms in total. The summed E-state index contributed by atoms with van der Waals surface area (Å²) < 4.78 is 0. The van der Waals surface area contributed by atoms with Crippen molar-refractivity contribution in [2.75, 3.05) is 11.9 Å². The molecule has 2 aliphatic heterocycles. The van der Waals surface area contributed by atoms with E-state index in [2.05, 4.69) is 29.4 Å². The molecule has 0 saturated carbocycles. The molecular formula is C18H20ClN3OS. The number of halogens is 1. The summed E-state index contributed by atoms with van der Waals surface area (Å²) in [7, 11) is 0. The molecule has 6 heteroatoms. The second-order valence-corrected chi connectivity index (χ2v) is 8.11. The van der Waals surface area contributed by atoms with Crippen LogP contribution in [-0.4, -0.2) is 23.4 Å². The summed E-state index contributed by atoms with van der Waals surface area (Å²) in [5.41, 5.74) is 2.95. The zero-order valence-corrected chi connectivity index (χ0v) is 15.3. The maximum atomic E-state index is 12.7. The van der Waals surface area contributed by atoms with E-state index in [4.69, 9.17) is 11.6 Å². The van der Waals surface area contributed by atoms with Crippen LogP contribution in [-0.2, 0) is 13.0 Å². The number of hydrogen-bond acceptors (Lipinski definition) is 4. The first-order valence-electron chi connectivity index (χ1n) is 8.25. The Hall–Kier alpha value is -1.56. The molecule has 2 aliphatic rings. The minimum Gasteiger partial charge on any atom is -0.353 e. The molecular weight excluding hydrogens is 342 g/mol. The summed E-state index contributed by atoms with van der Waals surface area (Å²) in [6, 6.07) is 8.14. The molecule has 2 N–H and O–H groups in total.